The molecule has 4 amide bonds. The SMILES string of the molecule is O=C(CCCCCN1C(=O)/C(=C2\SC(=S)N(CCCCCC(=O)Nc3ncc(Cc4ccccc4)s3)C2=O)SC1=S)Nc1ncc(Cc2ccccc2)s1. The van der Waals surface area contributed by atoms with Crippen LogP contribution in [0.15, 0.2) is 82.9 Å². The third-order valence-corrected chi connectivity index (χ3v) is 13.4. The Kier molecular flexibility index (Phi) is 14.5. The molecule has 0 bridgehead atoms. The minimum atomic E-state index is -0.281. The number of nitrogens with zero attached hydrogens (tertiary/aromatic N) is 4. The first kappa shape index (κ1) is 39.9. The zero-order valence-electron chi connectivity index (χ0n) is 29.3. The molecule has 0 radical (unpaired) electrons. The predicted octanol–water partition coefficient (Wildman–Crippen LogP) is 8.41. The largest absolute Gasteiger partial charge is 0.302 e. The van der Waals surface area contributed by atoms with Gasteiger partial charge in [0.15, 0.2) is 10.3 Å². The number of thiocarbonyl (C=S) groups is 2. The molecule has 2 fully saturated rings. The fraction of sp³-hybridized carbons (Fsp3) is 0.316. The van der Waals surface area contributed by atoms with Crippen LogP contribution < -0.4 is 10.6 Å². The molecule has 0 saturated carbocycles. The van der Waals surface area contributed by atoms with Crippen LogP contribution in [0.2, 0.25) is 0 Å². The van der Waals surface area contributed by atoms with E-state index in [1.807, 2.05) is 36.4 Å². The van der Waals surface area contributed by atoms with Crippen LogP contribution in [0.1, 0.15) is 72.2 Å². The summed E-state index contributed by atoms with van der Waals surface area (Å²) in [6.45, 7) is 0.826. The number of hydrogen-bond acceptors (Lipinski definition) is 12. The standard InChI is InChI=1S/C38H38N6O4S6/c45-29(41-35-39-23-27(51-35)21-25-13-5-1-6-14-25)17-9-3-11-19-43-33(47)31(53-37(43)49)32-34(48)44(38(50)54-32)20-12-4-10-18-30(46)42-36-40-24-28(52-36)22-26-15-7-2-8-16-26/h1-2,5-8,13-16,23-24H,3-4,9-12,17-22H2,(H,39,41,45)(H,40,42,46)/b32-31+. The fourth-order valence-corrected chi connectivity index (χ4v) is 10.3. The van der Waals surface area contributed by atoms with Crippen molar-refractivity contribution >= 4 is 113 Å². The highest BCUT2D eigenvalue weighted by Gasteiger charge is 2.41. The molecule has 54 heavy (non-hydrogen) atoms. The van der Waals surface area contributed by atoms with Crippen molar-refractivity contribution in [3.63, 3.8) is 0 Å². The van der Waals surface area contributed by atoms with Crippen molar-refractivity contribution in [1.82, 2.24) is 19.8 Å². The number of benzene rings is 2. The molecule has 2 aromatic carbocycles. The summed E-state index contributed by atoms with van der Waals surface area (Å²) in [5, 5.41) is 6.96. The van der Waals surface area contributed by atoms with Gasteiger partial charge in [-0.2, -0.15) is 0 Å². The quantitative estimate of drug-likeness (QED) is 0.0574. The van der Waals surface area contributed by atoms with Gasteiger partial charge in [-0.1, -0.05) is 121 Å². The second-order valence-electron chi connectivity index (χ2n) is 12.6. The van der Waals surface area contributed by atoms with E-state index < -0.39 is 0 Å². The number of aromatic nitrogens is 2. The van der Waals surface area contributed by atoms with Crippen LogP contribution in [0.25, 0.3) is 0 Å². The van der Waals surface area contributed by atoms with Crippen LogP contribution in [-0.4, -0.2) is 65.1 Å². The normalized spacial score (nSPS) is 15.8. The zero-order valence-corrected chi connectivity index (χ0v) is 34.2. The van der Waals surface area contributed by atoms with Gasteiger partial charge in [-0.15, -0.1) is 22.7 Å². The number of amides is 4. The molecule has 16 heteroatoms. The molecule has 2 aliphatic heterocycles. The summed E-state index contributed by atoms with van der Waals surface area (Å²) in [6, 6.07) is 20.2. The molecular formula is C38H38N6O4S6. The number of carbonyl (C=O) groups is 4. The molecule has 280 valence electrons. The second-order valence-corrected chi connectivity index (χ2v) is 18.1. The van der Waals surface area contributed by atoms with E-state index >= 15 is 0 Å². The van der Waals surface area contributed by atoms with E-state index in [0.717, 1.165) is 59.0 Å². The van der Waals surface area contributed by atoms with Gasteiger partial charge in [0.05, 0.1) is 9.81 Å². The monoisotopic (exact) mass is 834 g/mol. The zero-order chi connectivity index (χ0) is 37.9. The lowest BCUT2D eigenvalue weighted by molar-refractivity contribution is -0.124. The molecule has 4 heterocycles. The van der Waals surface area contributed by atoms with E-state index in [1.165, 1.54) is 43.6 Å². The number of rotatable bonds is 18. The Bertz CT molecular complexity index is 1890. The maximum absolute atomic E-state index is 13.4. The molecule has 0 aliphatic carbocycles. The molecular weight excluding hydrogens is 797 g/mol. The molecule has 4 aromatic rings. The molecule has 0 spiro atoms. The van der Waals surface area contributed by atoms with Crippen LogP contribution in [-0.2, 0) is 32.0 Å². The van der Waals surface area contributed by atoms with Crippen LogP contribution in [0, 0.1) is 0 Å². The van der Waals surface area contributed by atoms with Gasteiger partial charge < -0.3 is 10.6 Å². The van der Waals surface area contributed by atoms with Gasteiger partial charge in [0, 0.05) is 60.9 Å². The molecule has 2 aliphatic rings. The third-order valence-electron chi connectivity index (χ3n) is 8.52. The molecule has 2 N–H and O–H groups in total. The number of thiazole rings is 2. The van der Waals surface area contributed by atoms with Crippen molar-refractivity contribution in [2.45, 2.75) is 64.2 Å². The average Bonchev–Trinajstić information content (AvgIpc) is 3.93. The third kappa shape index (κ3) is 11.1. The van der Waals surface area contributed by atoms with Gasteiger partial charge in [0.25, 0.3) is 11.8 Å². The number of nitrogens with one attached hydrogen (secondary N) is 2. The Balaban J connectivity index is 0.867. The highest BCUT2D eigenvalue weighted by Crippen LogP contribution is 2.42. The van der Waals surface area contributed by atoms with Gasteiger partial charge in [0.1, 0.15) is 8.64 Å². The maximum atomic E-state index is 13.4. The van der Waals surface area contributed by atoms with E-state index in [-0.39, 0.29) is 23.6 Å². The summed E-state index contributed by atoms with van der Waals surface area (Å²) in [5.41, 5.74) is 2.39. The minimum Gasteiger partial charge on any atom is -0.302 e. The predicted molar refractivity (Wildman–Crippen MR) is 228 cm³/mol. The van der Waals surface area contributed by atoms with Crippen LogP contribution >= 0.6 is 70.6 Å². The Morgan fingerprint density at radius 2 is 1.00 bits per heavy atom. The van der Waals surface area contributed by atoms with E-state index in [0.29, 0.717) is 80.3 Å². The van der Waals surface area contributed by atoms with Crippen molar-refractivity contribution < 1.29 is 19.2 Å². The smallest absolute Gasteiger partial charge is 0.267 e. The lowest BCUT2D eigenvalue weighted by Gasteiger charge is -2.14. The maximum Gasteiger partial charge on any atom is 0.267 e. The Hall–Kier alpha value is -3.80. The molecule has 6 rings (SSSR count). The van der Waals surface area contributed by atoms with Crippen molar-refractivity contribution in [2.75, 3.05) is 23.7 Å². The highest BCUT2D eigenvalue weighted by atomic mass is 32.2. The van der Waals surface area contributed by atoms with Crippen molar-refractivity contribution in [1.29, 1.82) is 0 Å². The summed E-state index contributed by atoms with van der Waals surface area (Å²) in [7, 11) is 0. The minimum absolute atomic E-state index is 0.0891. The molecule has 0 unspecified atom stereocenters. The van der Waals surface area contributed by atoms with Crippen LogP contribution in [0.4, 0.5) is 10.3 Å². The summed E-state index contributed by atoms with van der Waals surface area (Å²) in [5.74, 6) is -0.740. The average molecular weight is 835 g/mol. The number of thioether (sulfide) groups is 2. The van der Waals surface area contributed by atoms with Gasteiger partial charge in [0.2, 0.25) is 11.8 Å². The highest BCUT2D eigenvalue weighted by molar-refractivity contribution is 8.29. The first-order valence-electron chi connectivity index (χ1n) is 17.6. The summed E-state index contributed by atoms with van der Waals surface area (Å²) >= 11 is 16.3. The van der Waals surface area contributed by atoms with Crippen molar-refractivity contribution in [3.8, 4) is 0 Å². The van der Waals surface area contributed by atoms with Gasteiger partial charge in [-0.25, -0.2) is 9.97 Å². The summed E-state index contributed by atoms with van der Waals surface area (Å²) in [6.07, 6.45) is 9.98. The number of carbonyl (C=O) groups excluding carboxylic acids is 4. The number of hydrogen-bond donors (Lipinski definition) is 2. The molecule has 0 atom stereocenters. The van der Waals surface area contributed by atoms with Gasteiger partial charge >= 0.3 is 0 Å². The van der Waals surface area contributed by atoms with Crippen LogP contribution in [0.3, 0.4) is 0 Å². The van der Waals surface area contributed by atoms with E-state index in [2.05, 4.69) is 44.9 Å². The van der Waals surface area contributed by atoms with E-state index in [1.54, 1.807) is 12.4 Å². The Morgan fingerprint density at radius 1 is 0.593 bits per heavy atom. The summed E-state index contributed by atoms with van der Waals surface area (Å²) < 4.78 is 0.827. The van der Waals surface area contributed by atoms with E-state index in [9.17, 15) is 19.2 Å². The lowest BCUT2D eigenvalue weighted by Crippen LogP contribution is -2.31. The fourth-order valence-electron chi connectivity index (χ4n) is 5.77. The Morgan fingerprint density at radius 3 is 1.41 bits per heavy atom. The lowest BCUT2D eigenvalue weighted by atomic mass is 10.1. The first-order chi connectivity index (χ1) is 26.2. The van der Waals surface area contributed by atoms with Gasteiger partial charge in [-0.3, -0.25) is 29.0 Å². The topological polar surface area (TPSA) is 125 Å². The van der Waals surface area contributed by atoms with Crippen molar-refractivity contribution in [3.05, 3.63) is 104 Å². The molecule has 10 nitrogen and oxygen atoms in total. The Labute approximate surface area is 341 Å². The van der Waals surface area contributed by atoms with Crippen LogP contribution in [0.5, 0.6) is 0 Å². The second kappa shape index (κ2) is 19.7. The van der Waals surface area contributed by atoms with Crippen molar-refractivity contribution in [2.24, 2.45) is 0 Å². The van der Waals surface area contributed by atoms with Gasteiger partial charge in [-0.05, 0) is 36.8 Å². The number of anilines is 2. The first-order valence-corrected chi connectivity index (χ1v) is 21.7. The molecule has 2 saturated heterocycles. The molecule has 2 aromatic heterocycles. The summed E-state index contributed by atoms with van der Waals surface area (Å²) in [4.78, 5) is 66.3. The van der Waals surface area contributed by atoms with E-state index in [4.69, 9.17) is 24.4 Å². The number of unbranched alkanes of at least 4 members (excludes halogenated alkanes) is 4.